The lowest BCUT2D eigenvalue weighted by Crippen LogP contribution is -2.42. The second-order valence-electron chi connectivity index (χ2n) is 7.00. The zero-order valence-electron chi connectivity index (χ0n) is 15.7. The van der Waals surface area contributed by atoms with E-state index >= 15 is 0 Å². The van der Waals surface area contributed by atoms with Crippen LogP contribution < -0.4 is 0 Å². The fourth-order valence-electron chi connectivity index (χ4n) is 3.65. The number of benzene rings is 2. The molecule has 1 aliphatic rings. The Kier molecular flexibility index (Phi) is 4.89. The van der Waals surface area contributed by atoms with Crippen molar-refractivity contribution in [2.24, 2.45) is 0 Å². The predicted octanol–water partition coefficient (Wildman–Crippen LogP) is 4.48. The summed E-state index contributed by atoms with van der Waals surface area (Å²) in [6.07, 6.45) is -0.107. The Bertz CT molecular complexity index is 1070. The van der Waals surface area contributed by atoms with Crippen LogP contribution in [0, 0.1) is 12.7 Å². The van der Waals surface area contributed by atoms with E-state index in [1.165, 1.54) is 23.0 Å². The van der Waals surface area contributed by atoms with Crippen molar-refractivity contribution in [3.8, 4) is 0 Å². The predicted molar refractivity (Wildman–Crippen MR) is 107 cm³/mol. The summed E-state index contributed by atoms with van der Waals surface area (Å²) in [6.45, 7) is 4.41. The number of carbonyl (C=O) groups excluding carboxylic acids is 2. The van der Waals surface area contributed by atoms with E-state index in [1.54, 1.807) is 30.9 Å². The van der Waals surface area contributed by atoms with E-state index in [1.807, 2.05) is 18.2 Å². The summed E-state index contributed by atoms with van der Waals surface area (Å²) >= 11 is 1.19. The maximum absolute atomic E-state index is 14.1. The van der Waals surface area contributed by atoms with Crippen molar-refractivity contribution in [1.82, 2.24) is 4.90 Å². The number of esters is 1. The zero-order chi connectivity index (χ0) is 19.8. The highest BCUT2D eigenvalue weighted by atomic mass is 32.1. The van der Waals surface area contributed by atoms with Crippen LogP contribution in [0.25, 0.3) is 10.1 Å². The van der Waals surface area contributed by atoms with Crippen LogP contribution in [0.3, 0.4) is 0 Å². The molecule has 0 unspecified atom stereocenters. The zero-order valence-corrected chi connectivity index (χ0v) is 16.5. The van der Waals surface area contributed by atoms with Gasteiger partial charge in [-0.15, -0.1) is 11.3 Å². The summed E-state index contributed by atoms with van der Waals surface area (Å²) in [7, 11) is 0. The van der Waals surface area contributed by atoms with Gasteiger partial charge in [0.05, 0.1) is 0 Å². The number of fused-ring (bicyclic) bond motifs is 2. The molecule has 0 saturated heterocycles. The van der Waals surface area contributed by atoms with Gasteiger partial charge in [-0.25, -0.2) is 9.18 Å². The molecule has 4 rings (SSSR count). The number of thiophene rings is 1. The smallest absolute Gasteiger partial charge is 0.349 e. The Morgan fingerprint density at radius 2 is 1.89 bits per heavy atom. The van der Waals surface area contributed by atoms with Crippen LogP contribution in [0.4, 0.5) is 4.39 Å². The second-order valence-corrected chi connectivity index (χ2v) is 8.05. The number of hydrogen-bond donors (Lipinski definition) is 0. The molecule has 2 aromatic carbocycles. The van der Waals surface area contributed by atoms with E-state index < -0.39 is 12.1 Å². The van der Waals surface area contributed by atoms with Crippen LogP contribution in [0.5, 0.6) is 0 Å². The molecule has 0 radical (unpaired) electrons. The fraction of sp³-hybridized carbons (Fsp3) is 0.273. The summed E-state index contributed by atoms with van der Waals surface area (Å²) in [4.78, 5) is 27.5. The highest BCUT2D eigenvalue weighted by molar-refractivity contribution is 7.21. The first kappa shape index (κ1) is 18.6. The molecule has 0 spiro atoms. The number of rotatable bonds is 3. The average molecular weight is 397 g/mol. The third kappa shape index (κ3) is 3.29. The van der Waals surface area contributed by atoms with Crippen molar-refractivity contribution >= 4 is 33.3 Å². The topological polar surface area (TPSA) is 46.6 Å². The number of nitrogens with zero attached hydrogens (tertiary/aromatic N) is 1. The molecule has 0 aliphatic carbocycles. The van der Waals surface area contributed by atoms with Crippen molar-refractivity contribution in [2.45, 2.75) is 32.9 Å². The van der Waals surface area contributed by atoms with Crippen LogP contribution >= 0.6 is 11.3 Å². The van der Waals surface area contributed by atoms with Gasteiger partial charge in [0, 0.05) is 23.2 Å². The van der Waals surface area contributed by atoms with Gasteiger partial charge in [-0.05, 0) is 49.1 Å². The highest BCUT2D eigenvalue weighted by Crippen LogP contribution is 2.33. The first-order valence-electron chi connectivity index (χ1n) is 9.20. The van der Waals surface area contributed by atoms with Crippen LogP contribution in [0.2, 0.25) is 0 Å². The van der Waals surface area contributed by atoms with Crippen LogP contribution in [0.15, 0.2) is 42.5 Å². The first-order valence-corrected chi connectivity index (χ1v) is 10.0. The van der Waals surface area contributed by atoms with Gasteiger partial charge in [-0.3, -0.25) is 4.79 Å². The maximum atomic E-state index is 14.1. The molecule has 3 aromatic rings. The van der Waals surface area contributed by atoms with Crippen molar-refractivity contribution < 1.29 is 18.7 Å². The van der Waals surface area contributed by atoms with Gasteiger partial charge < -0.3 is 9.64 Å². The molecule has 0 fully saturated rings. The monoisotopic (exact) mass is 397 g/mol. The average Bonchev–Trinajstić information content (AvgIpc) is 3.05. The largest absolute Gasteiger partial charge is 0.448 e. The standard InChI is InChI=1S/C22H20FNO3S/c1-13-19-17(23)8-5-9-18(19)28-20(13)22(26)27-14(2)21(25)24-11-10-15-6-3-4-7-16(15)12-24/h3-9,14H,10-12H2,1-2H3/t14-/m1/s1. The molecule has 0 N–H and O–H groups in total. The van der Waals surface area contributed by atoms with Gasteiger partial charge in [0.2, 0.25) is 0 Å². The van der Waals surface area contributed by atoms with Gasteiger partial charge in [-0.1, -0.05) is 30.3 Å². The van der Waals surface area contributed by atoms with Gasteiger partial charge in [0.25, 0.3) is 5.91 Å². The van der Waals surface area contributed by atoms with Crippen LogP contribution in [-0.2, 0) is 22.5 Å². The molecular formula is C22H20FNO3S. The number of amides is 1. The third-order valence-electron chi connectivity index (χ3n) is 5.16. The van der Waals surface area contributed by atoms with E-state index in [0.717, 1.165) is 12.0 Å². The lowest BCUT2D eigenvalue weighted by Gasteiger charge is -2.30. The van der Waals surface area contributed by atoms with Crippen molar-refractivity contribution in [1.29, 1.82) is 0 Å². The van der Waals surface area contributed by atoms with Gasteiger partial charge in [-0.2, -0.15) is 0 Å². The minimum atomic E-state index is -0.896. The quantitative estimate of drug-likeness (QED) is 0.612. The number of halogens is 1. The normalized spacial score (nSPS) is 14.6. The minimum Gasteiger partial charge on any atom is -0.448 e. The van der Waals surface area contributed by atoms with Crippen LogP contribution in [-0.4, -0.2) is 29.4 Å². The summed E-state index contributed by atoms with van der Waals surface area (Å²) in [5.41, 5.74) is 2.92. The Balaban J connectivity index is 1.49. The summed E-state index contributed by atoms with van der Waals surface area (Å²) in [5.74, 6) is -1.16. The summed E-state index contributed by atoms with van der Waals surface area (Å²) in [5, 5.41) is 0.436. The lowest BCUT2D eigenvalue weighted by molar-refractivity contribution is -0.140. The molecule has 144 valence electrons. The van der Waals surface area contributed by atoms with Crippen molar-refractivity contribution in [3.05, 3.63) is 69.8 Å². The molecule has 0 saturated carbocycles. The third-order valence-corrected chi connectivity index (χ3v) is 6.40. The SMILES string of the molecule is Cc1c(C(=O)O[C@H](C)C(=O)N2CCc3ccccc3C2)sc2cccc(F)c12. The van der Waals surface area contributed by atoms with Gasteiger partial charge >= 0.3 is 5.97 Å². The number of hydrogen-bond acceptors (Lipinski definition) is 4. The van der Waals surface area contributed by atoms with E-state index in [4.69, 9.17) is 4.74 Å². The Morgan fingerprint density at radius 1 is 1.14 bits per heavy atom. The molecule has 2 heterocycles. The molecule has 6 heteroatoms. The second kappa shape index (κ2) is 7.36. The summed E-state index contributed by atoms with van der Waals surface area (Å²) in [6, 6.07) is 12.8. The Morgan fingerprint density at radius 3 is 2.64 bits per heavy atom. The van der Waals surface area contributed by atoms with E-state index in [0.29, 0.717) is 33.6 Å². The first-order chi connectivity index (χ1) is 13.5. The number of ether oxygens (including phenoxy) is 1. The van der Waals surface area contributed by atoms with E-state index in [2.05, 4.69) is 6.07 Å². The Hall–Kier alpha value is -2.73. The van der Waals surface area contributed by atoms with Gasteiger partial charge in [0.1, 0.15) is 10.7 Å². The molecule has 28 heavy (non-hydrogen) atoms. The van der Waals surface area contributed by atoms with Gasteiger partial charge in [0.15, 0.2) is 6.10 Å². The molecule has 1 amide bonds. The number of aryl methyl sites for hydroxylation is 1. The van der Waals surface area contributed by atoms with Crippen molar-refractivity contribution in [2.75, 3.05) is 6.54 Å². The molecule has 1 aliphatic heterocycles. The molecule has 1 atom stereocenters. The molecule has 4 nitrogen and oxygen atoms in total. The van der Waals surface area contributed by atoms with Crippen molar-refractivity contribution in [3.63, 3.8) is 0 Å². The lowest BCUT2D eigenvalue weighted by atomic mass is 9.99. The van der Waals surface area contributed by atoms with E-state index in [-0.39, 0.29) is 11.7 Å². The highest BCUT2D eigenvalue weighted by Gasteiger charge is 2.28. The fourth-order valence-corrected chi connectivity index (χ4v) is 4.76. The maximum Gasteiger partial charge on any atom is 0.349 e. The molecule has 0 bridgehead atoms. The number of carbonyl (C=O) groups is 2. The molecular weight excluding hydrogens is 377 g/mol. The van der Waals surface area contributed by atoms with Crippen LogP contribution in [0.1, 0.15) is 33.3 Å². The molecule has 1 aromatic heterocycles. The minimum absolute atomic E-state index is 0.215. The Labute approximate surface area is 166 Å². The summed E-state index contributed by atoms with van der Waals surface area (Å²) < 4.78 is 20.2. The van der Waals surface area contributed by atoms with E-state index in [9.17, 15) is 14.0 Å².